The van der Waals surface area contributed by atoms with Gasteiger partial charge in [0.1, 0.15) is 6.04 Å². The molecule has 1 heterocycles. The van der Waals surface area contributed by atoms with Crippen LogP contribution in [0.1, 0.15) is 29.3 Å². The Bertz CT molecular complexity index is 1380. The zero-order valence-corrected chi connectivity index (χ0v) is 20.9. The Balaban J connectivity index is 1.68. The summed E-state index contributed by atoms with van der Waals surface area (Å²) in [6.07, 6.45) is -0.321. The van der Waals surface area contributed by atoms with Crippen molar-refractivity contribution in [1.29, 1.82) is 0 Å². The number of anilines is 1. The molecule has 186 valence electrons. The number of halogens is 1. The standard InChI is InChI=1S/C26H23ClN2O6S/c1-2-35-26(32)19-8-12-21(13-9-19)29-24(30)16-23(25(29)31)28(17-18-6-4-3-5-7-18)36(33,34)22-14-10-20(27)11-15-22/h3-15,23H,2,16-17H2,1H3. The number of carbonyl (C=O) groups excluding carboxylic acids is 3. The molecule has 36 heavy (non-hydrogen) atoms. The first-order valence-electron chi connectivity index (χ1n) is 11.2. The van der Waals surface area contributed by atoms with Crippen molar-refractivity contribution in [3.05, 3.63) is 95.0 Å². The van der Waals surface area contributed by atoms with E-state index in [0.717, 1.165) is 9.21 Å². The fourth-order valence-corrected chi connectivity index (χ4v) is 5.64. The summed E-state index contributed by atoms with van der Waals surface area (Å²) in [6.45, 7) is 1.79. The van der Waals surface area contributed by atoms with E-state index in [-0.39, 0.29) is 35.7 Å². The summed E-state index contributed by atoms with van der Waals surface area (Å²) in [5.41, 5.74) is 1.17. The second kappa shape index (κ2) is 10.6. The summed E-state index contributed by atoms with van der Waals surface area (Å²) in [6, 6.07) is 19.0. The molecular weight excluding hydrogens is 504 g/mol. The van der Waals surface area contributed by atoms with Gasteiger partial charge < -0.3 is 4.74 Å². The molecule has 2 amide bonds. The first-order chi connectivity index (χ1) is 17.2. The topological polar surface area (TPSA) is 101 Å². The monoisotopic (exact) mass is 526 g/mol. The van der Waals surface area contributed by atoms with E-state index >= 15 is 0 Å². The fourth-order valence-electron chi connectivity index (χ4n) is 3.94. The Kier molecular flexibility index (Phi) is 7.53. The molecule has 0 bridgehead atoms. The summed E-state index contributed by atoms with van der Waals surface area (Å²) >= 11 is 5.93. The van der Waals surface area contributed by atoms with Gasteiger partial charge in [0.05, 0.1) is 29.2 Å². The van der Waals surface area contributed by atoms with E-state index < -0.39 is 33.8 Å². The molecule has 8 nitrogen and oxygen atoms in total. The third-order valence-corrected chi connectivity index (χ3v) is 7.83. The van der Waals surface area contributed by atoms with E-state index in [2.05, 4.69) is 0 Å². The molecule has 3 aromatic rings. The van der Waals surface area contributed by atoms with Crippen LogP contribution in [0.5, 0.6) is 0 Å². The van der Waals surface area contributed by atoms with Gasteiger partial charge in [-0.1, -0.05) is 41.9 Å². The molecule has 1 aliphatic rings. The lowest BCUT2D eigenvalue weighted by molar-refractivity contribution is -0.122. The Morgan fingerprint density at radius 3 is 2.25 bits per heavy atom. The van der Waals surface area contributed by atoms with E-state index in [1.54, 1.807) is 37.3 Å². The number of rotatable bonds is 8. The number of nitrogens with zero attached hydrogens (tertiary/aromatic N) is 2. The number of amides is 2. The van der Waals surface area contributed by atoms with Gasteiger partial charge in [-0.2, -0.15) is 4.31 Å². The van der Waals surface area contributed by atoms with Crippen molar-refractivity contribution >= 4 is 45.1 Å². The molecular formula is C26H23ClN2O6S. The Labute approximate surface area is 214 Å². The van der Waals surface area contributed by atoms with Crippen LogP contribution in [-0.4, -0.2) is 43.2 Å². The zero-order chi connectivity index (χ0) is 25.9. The third-order valence-electron chi connectivity index (χ3n) is 5.71. The Morgan fingerprint density at radius 2 is 1.64 bits per heavy atom. The number of hydrogen-bond acceptors (Lipinski definition) is 6. The summed E-state index contributed by atoms with van der Waals surface area (Å²) in [7, 11) is -4.17. The van der Waals surface area contributed by atoms with Crippen LogP contribution in [0, 0.1) is 0 Å². The quantitative estimate of drug-likeness (QED) is 0.324. The number of ether oxygens (including phenoxy) is 1. The average molecular weight is 527 g/mol. The zero-order valence-electron chi connectivity index (χ0n) is 19.3. The van der Waals surface area contributed by atoms with E-state index in [1.165, 1.54) is 48.5 Å². The van der Waals surface area contributed by atoms with Gasteiger partial charge in [-0.05, 0) is 61.0 Å². The van der Waals surface area contributed by atoms with Crippen LogP contribution in [0.15, 0.2) is 83.8 Å². The van der Waals surface area contributed by atoms with Gasteiger partial charge >= 0.3 is 5.97 Å². The predicted molar refractivity (Wildman–Crippen MR) is 134 cm³/mol. The lowest BCUT2D eigenvalue weighted by atomic mass is 10.2. The second-order valence-corrected chi connectivity index (χ2v) is 10.4. The molecule has 0 aliphatic carbocycles. The predicted octanol–water partition coefficient (Wildman–Crippen LogP) is 4.04. The van der Waals surface area contributed by atoms with Crippen LogP contribution in [-0.2, 0) is 30.9 Å². The van der Waals surface area contributed by atoms with E-state index in [1.807, 2.05) is 0 Å². The SMILES string of the molecule is CCOC(=O)c1ccc(N2C(=O)CC(N(Cc3ccccc3)S(=O)(=O)c3ccc(Cl)cc3)C2=O)cc1. The second-order valence-electron chi connectivity index (χ2n) is 8.04. The number of sulfonamides is 1. The lowest BCUT2D eigenvalue weighted by Crippen LogP contribution is -2.45. The maximum atomic E-state index is 13.7. The summed E-state index contributed by atoms with van der Waals surface area (Å²) in [4.78, 5) is 39.3. The van der Waals surface area contributed by atoms with Crippen molar-refractivity contribution in [2.24, 2.45) is 0 Å². The molecule has 0 aromatic heterocycles. The maximum absolute atomic E-state index is 13.7. The minimum atomic E-state index is -4.17. The van der Waals surface area contributed by atoms with Crippen LogP contribution in [0.4, 0.5) is 5.69 Å². The summed E-state index contributed by atoms with van der Waals surface area (Å²) < 4.78 is 33.3. The van der Waals surface area contributed by atoms with Gasteiger partial charge in [-0.3, -0.25) is 9.59 Å². The summed E-state index contributed by atoms with van der Waals surface area (Å²) in [5.74, 6) is -1.74. The molecule has 0 saturated carbocycles. The number of hydrogen-bond donors (Lipinski definition) is 0. The van der Waals surface area contributed by atoms with Crippen molar-refractivity contribution in [2.75, 3.05) is 11.5 Å². The number of imide groups is 1. The van der Waals surface area contributed by atoms with Gasteiger partial charge in [0, 0.05) is 11.6 Å². The smallest absolute Gasteiger partial charge is 0.338 e. The van der Waals surface area contributed by atoms with Gasteiger partial charge in [0.15, 0.2) is 0 Å². The number of esters is 1. The molecule has 1 aliphatic heterocycles. The van der Waals surface area contributed by atoms with E-state index in [0.29, 0.717) is 10.6 Å². The van der Waals surface area contributed by atoms with Crippen molar-refractivity contribution in [3.63, 3.8) is 0 Å². The molecule has 4 rings (SSSR count). The van der Waals surface area contributed by atoms with Crippen LogP contribution in [0.2, 0.25) is 5.02 Å². The average Bonchev–Trinajstić information content (AvgIpc) is 3.16. The molecule has 1 saturated heterocycles. The molecule has 0 N–H and O–H groups in total. The Hall–Kier alpha value is -3.53. The van der Waals surface area contributed by atoms with Crippen LogP contribution < -0.4 is 4.90 Å². The van der Waals surface area contributed by atoms with Crippen molar-refractivity contribution in [2.45, 2.75) is 30.8 Å². The molecule has 1 unspecified atom stereocenters. The minimum absolute atomic E-state index is 0.0414. The van der Waals surface area contributed by atoms with Gasteiger partial charge in [-0.15, -0.1) is 0 Å². The van der Waals surface area contributed by atoms with Gasteiger partial charge in [-0.25, -0.2) is 18.1 Å². The molecule has 1 atom stereocenters. The van der Waals surface area contributed by atoms with Gasteiger partial charge in [0.2, 0.25) is 15.9 Å². The highest BCUT2D eigenvalue weighted by Gasteiger charge is 2.47. The van der Waals surface area contributed by atoms with Crippen LogP contribution in [0.25, 0.3) is 0 Å². The summed E-state index contributed by atoms with van der Waals surface area (Å²) in [5, 5.41) is 0.369. The largest absolute Gasteiger partial charge is 0.462 e. The highest BCUT2D eigenvalue weighted by Crippen LogP contribution is 2.31. The Morgan fingerprint density at radius 1 is 1.00 bits per heavy atom. The van der Waals surface area contributed by atoms with E-state index in [4.69, 9.17) is 16.3 Å². The minimum Gasteiger partial charge on any atom is -0.462 e. The molecule has 0 radical (unpaired) electrons. The highest BCUT2D eigenvalue weighted by molar-refractivity contribution is 7.89. The van der Waals surface area contributed by atoms with Crippen molar-refractivity contribution < 1.29 is 27.5 Å². The molecule has 1 fully saturated rings. The lowest BCUT2D eigenvalue weighted by Gasteiger charge is -2.27. The maximum Gasteiger partial charge on any atom is 0.338 e. The van der Waals surface area contributed by atoms with Crippen LogP contribution in [0.3, 0.4) is 0 Å². The first kappa shape index (κ1) is 25.6. The van der Waals surface area contributed by atoms with Gasteiger partial charge in [0.25, 0.3) is 5.91 Å². The van der Waals surface area contributed by atoms with E-state index in [9.17, 15) is 22.8 Å². The first-order valence-corrected chi connectivity index (χ1v) is 13.0. The fraction of sp³-hybridized carbons (Fsp3) is 0.192. The third kappa shape index (κ3) is 5.18. The molecule has 10 heteroatoms. The van der Waals surface area contributed by atoms with Crippen molar-refractivity contribution in [3.8, 4) is 0 Å². The molecule has 3 aromatic carbocycles. The number of benzene rings is 3. The number of carbonyl (C=O) groups is 3. The van der Waals surface area contributed by atoms with Crippen molar-refractivity contribution in [1.82, 2.24) is 4.31 Å². The highest BCUT2D eigenvalue weighted by atomic mass is 35.5. The molecule has 0 spiro atoms. The van der Waals surface area contributed by atoms with Crippen LogP contribution >= 0.6 is 11.6 Å². The normalized spacial score (nSPS) is 16.0.